The van der Waals surface area contributed by atoms with Gasteiger partial charge in [0.05, 0.1) is 24.7 Å². The molecule has 1 N–H and O–H groups in total. The summed E-state index contributed by atoms with van der Waals surface area (Å²) in [5, 5.41) is 1.64. The number of likely N-dealkylation sites (tertiary alicyclic amines) is 1. The minimum absolute atomic E-state index is 0. The molecule has 1 fully saturated rings. The standard InChI is InChI=1S/C12H17ClN2S.ClH/c1-15-8-3-4-10(15)7-9-16-12-6-2-5-11(13)14-12;/h2,5-6,10H,3-4,7-9H2,1H3;1H. The summed E-state index contributed by atoms with van der Waals surface area (Å²) in [4.78, 5) is 5.97. The predicted molar refractivity (Wildman–Crippen MR) is 69.4 cm³/mol. The summed E-state index contributed by atoms with van der Waals surface area (Å²) in [6.07, 6.45) is 4.05. The van der Waals surface area contributed by atoms with Gasteiger partial charge in [0.2, 0.25) is 0 Å². The molecule has 0 spiro atoms. The van der Waals surface area contributed by atoms with Crippen molar-refractivity contribution in [3.05, 3.63) is 23.4 Å². The quantitative estimate of drug-likeness (QED) is 0.561. The third kappa shape index (κ3) is 4.66. The lowest BCUT2D eigenvalue weighted by Gasteiger charge is -2.15. The Morgan fingerprint density at radius 2 is 2.35 bits per heavy atom. The predicted octanol–water partition coefficient (Wildman–Crippen LogP) is -1.10. The third-order valence-corrected chi connectivity index (χ3v) is 4.40. The Balaban J connectivity index is 0.00000144. The van der Waals surface area contributed by atoms with Gasteiger partial charge in [-0.05, 0) is 12.1 Å². The summed E-state index contributed by atoms with van der Waals surface area (Å²) in [5.74, 6) is 1.15. The van der Waals surface area contributed by atoms with E-state index >= 15 is 0 Å². The highest BCUT2D eigenvalue weighted by atomic mass is 35.5. The SMILES string of the molecule is C[NH+]1CCCC1CCSc1cccc(Cl)n1.[Cl-]. The summed E-state index contributed by atoms with van der Waals surface area (Å²) in [5.41, 5.74) is 0. The van der Waals surface area contributed by atoms with E-state index in [1.807, 2.05) is 30.0 Å². The number of quaternary nitrogens is 1. The van der Waals surface area contributed by atoms with E-state index < -0.39 is 0 Å². The normalized spacial score (nSPS) is 23.4. The molecule has 2 atom stereocenters. The van der Waals surface area contributed by atoms with Gasteiger partial charge in [-0.25, -0.2) is 4.98 Å². The van der Waals surface area contributed by atoms with Crippen molar-refractivity contribution >= 4 is 23.4 Å². The summed E-state index contributed by atoms with van der Waals surface area (Å²) in [7, 11) is 2.31. The molecular weight excluding hydrogens is 275 g/mol. The molecule has 2 nitrogen and oxygen atoms in total. The van der Waals surface area contributed by atoms with Gasteiger partial charge >= 0.3 is 0 Å². The molecule has 0 radical (unpaired) electrons. The van der Waals surface area contributed by atoms with Gasteiger partial charge in [0, 0.05) is 25.0 Å². The third-order valence-electron chi connectivity index (χ3n) is 3.23. The van der Waals surface area contributed by atoms with Crippen molar-refractivity contribution in [2.45, 2.75) is 30.3 Å². The Hall–Kier alpha value is 0.0400. The van der Waals surface area contributed by atoms with Crippen LogP contribution in [0.1, 0.15) is 19.3 Å². The highest BCUT2D eigenvalue weighted by Crippen LogP contribution is 2.19. The lowest BCUT2D eigenvalue weighted by molar-refractivity contribution is -0.892. The van der Waals surface area contributed by atoms with Crippen LogP contribution in [0.5, 0.6) is 0 Å². The molecule has 0 aliphatic carbocycles. The molecule has 0 bridgehead atoms. The fourth-order valence-corrected chi connectivity index (χ4v) is 3.41. The van der Waals surface area contributed by atoms with Crippen LogP contribution in [0.2, 0.25) is 5.15 Å². The van der Waals surface area contributed by atoms with Crippen molar-refractivity contribution in [2.75, 3.05) is 19.3 Å². The maximum Gasteiger partial charge on any atom is 0.130 e. The van der Waals surface area contributed by atoms with Crippen molar-refractivity contribution in [3.63, 3.8) is 0 Å². The monoisotopic (exact) mass is 292 g/mol. The summed E-state index contributed by atoms with van der Waals surface area (Å²) < 4.78 is 0. The van der Waals surface area contributed by atoms with E-state index in [4.69, 9.17) is 11.6 Å². The first-order chi connectivity index (χ1) is 7.75. The van der Waals surface area contributed by atoms with Crippen molar-refractivity contribution in [2.24, 2.45) is 0 Å². The number of nitrogens with one attached hydrogen (secondary N) is 1. The Morgan fingerprint density at radius 3 is 3.00 bits per heavy atom. The van der Waals surface area contributed by atoms with Crippen LogP contribution in [-0.2, 0) is 0 Å². The van der Waals surface area contributed by atoms with Crippen LogP contribution in [0.15, 0.2) is 23.2 Å². The minimum Gasteiger partial charge on any atom is -1.00 e. The zero-order chi connectivity index (χ0) is 11.4. The number of halogens is 2. The molecule has 0 amide bonds. The van der Waals surface area contributed by atoms with Gasteiger partial charge in [0.25, 0.3) is 0 Å². The van der Waals surface area contributed by atoms with Crippen molar-refractivity contribution in [3.8, 4) is 0 Å². The molecule has 0 aromatic carbocycles. The number of hydrogen-bond donors (Lipinski definition) is 1. The van der Waals surface area contributed by atoms with Gasteiger partial charge in [-0.15, -0.1) is 11.8 Å². The summed E-state index contributed by atoms with van der Waals surface area (Å²) >= 11 is 7.66. The van der Waals surface area contributed by atoms with Gasteiger partial charge in [-0.2, -0.15) is 0 Å². The van der Waals surface area contributed by atoms with E-state index in [9.17, 15) is 0 Å². The van der Waals surface area contributed by atoms with Crippen molar-refractivity contribution in [1.82, 2.24) is 4.98 Å². The fourth-order valence-electron chi connectivity index (χ4n) is 2.24. The maximum absolute atomic E-state index is 5.85. The number of aromatic nitrogens is 1. The minimum atomic E-state index is 0. The number of hydrogen-bond acceptors (Lipinski definition) is 2. The number of pyridine rings is 1. The Kier molecular flexibility index (Phi) is 6.63. The molecule has 1 aliphatic rings. The van der Waals surface area contributed by atoms with E-state index in [-0.39, 0.29) is 12.4 Å². The first-order valence-electron chi connectivity index (χ1n) is 5.83. The van der Waals surface area contributed by atoms with E-state index in [0.717, 1.165) is 16.8 Å². The van der Waals surface area contributed by atoms with Crippen LogP contribution in [0, 0.1) is 0 Å². The number of thioether (sulfide) groups is 1. The lowest BCUT2D eigenvalue weighted by Crippen LogP contribution is -3.10. The highest BCUT2D eigenvalue weighted by molar-refractivity contribution is 7.99. The topological polar surface area (TPSA) is 17.3 Å². The second kappa shape index (κ2) is 7.47. The molecule has 2 heterocycles. The van der Waals surface area contributed by atoms with Gasteiger partial charge in [-0.3, -0.25) is 0 Å². The van der Waals surface area contributed by atoms with Crippen LogP contribution < -0.4 is 17.3 Å². The summed E-state index contributed by atoms with van der Waals surface area (Å²) in [6.45, 7) is 1.34. The number of nitrogens with zero attached hydrogens (tertiary/aromatic N) is 1. The molecule has 1 aromatic heterocycles. The molecule has 0 saturated carbocycles. The smallest absolute Gasteiger partial charge is 0.130 e. The molecule has 1 aromatic rings. The zero-order valence-corrected chi connectivity index (χ0v) is 12.3. The van der Waals surface area contributed by atoms with Gasteiger partial charge < -0.3 is 17.3 Å². The number of rotatable bonds is 4. The molecule has 5 heteroatoms. The van der Waals surface area contributed by atoms with E-state index in [1.54, 1.807) is 4.90 Å². The largest absolute Gasteiger partial charge is 1.00 e. The lowest BCUT2D eigenvalue weighted by atomic mass is 10.2. The van der Waals surface area contributed by atoms with Gasteiger partial charge in [-0.1, -0.05) is 17.7 Å². The first kappa shape index (κ1) is 15.1. The van der Waals surface area contributed by atoms with Crippen LogP contribution in [-0.4, -0.2) is 30.4 Å². The molecule has 96 valence electrons. The van der Waals surface area contributed by atoms with Gasteiger partial charge in [0.15, 0.2) is 0 Å². The molecule has 2 unspecified atom stereocenters. The Morgan fingerprint density at radius 1 is 1.53 bits per heavy atom. The van der Waals surface area contributed by atoms with Crippen molar-refractivity contribution < 1.29 is 17.3 Å². The van der Waals surface area contributed by atoms with Crippen LogP contribution in [0.25, 0.3) is 0 Å². The van der Waals surface area contributed by atoms with Crippen molar-refractivity contribution in [1.29, 1.82) is 0 Å². The van der Waals surface area contributed by atoms with Crippen LogP contribution in [0.4, 0.5) is 0 Å². The van der Waals surface area contributed by atoms with Gasteiger partial charge in [0.1, 0.15) is 5.15 Å². The Labute approximate surface area is 119 Å². The maximum atomic E-state index is 5.85. The molecule has 1 saturated heterocycles. The second-order valence-electron chi connectivity index (χ2n) is 4.37. The van der Waals surface area contributed by atoms with Crippen LogP contribution in [0.3, 0.4) is 0 Å². The average Bonchev–Trinajstić information content (AvgIpc) is 2.65. The average molecular weight is 293 g/mol. The Bertz CT molecular complexity index is 349. The molecular formula is C12H18Cl2N2S. The highest BCUT2D eigenvalue weighted by Gasteiger charge is 2.24. The van der Waals surface area contributed by atoms with E-state index in [1.165, 1.54) is 25.8 Å². The molecule has 2 rings (SSSR count). The molecule has 17 heavy (non-hydrogen) atoms. The fraction of sp³-hybridized carbons (Fsp3) is 0.583. The second-order valence-corrected chi connectivity index (χ2v) is 5.87. The first-order valence-corrected chi connectivity index (χ1v) is 7.20. The summed E-state index contributed by atoms with van der Waals surface area (Å²) in [6, 6.07) is 6.67. The zero-order valence-electron chi connectivity index (χ0n) is 9.96. The van der Waals surface area contributed by atoms with Crippen LogP contribution >= 0.6 is 23.4 Å². The van der Waals surface area contributed by atoms with E-state index in [2.05, 4.69) is 12.0 Å². The van der Waals surface area contributed by atoms with E-state index in [0.29, 0.717) is 5.15 Å². The molecule has 1 aliphatic heterocycles.